The highest BCUT2D eigenvalue weighted by Gasteiger charge is 2.33. The Morgan fingerprint density at radius 1 is 0.765 bits per heavy atom. The van der Waals surface area contributed by atoms with Gasteiger partial charge in [-0.1, -0.05) is 95.2 Å². The van der Waals surface area contributed by atoms with E-state index in [1.807, 2.05) is 24.3 Å². The van der Waals surface area contributed by atoms with Crippen molar-refractivity contribution in [1.82, 2.24) is 0 Å². The Hall–Kier alpha value is -2.29. The molecule has 0 heterocycles. The van der Waals surface area contributed by atoms with Crippen molar-refractivity contribution >= 4 is 5.97 Å². The summed E-state index contributed by atoms with van der Waals surface area (Å²) in [5.41, 5.74) is 3.46. The lowest BCUT2D eigenvalue weighted by Gasteiger charge is -2.32. The third kappa shape index (κ3) is 5.67. The molecule has 0 bridgehead atoms. The van der Waals surface area contributed by atoms with Gasteiger partial charge >= 0.3 is 5.97 Å². The molecule has 0 saturated carbocycles. The highest BCUT2D eigenvalue weighted by molar-refractivity contribution is 5.92. The first-order chi connectivity index (χ1) is 15.4. The first-order valence-electron chi connectivity index (χ1n) is 12.6. The van der Waals surface area contributed by atoms with Crippen LogP contribution in [0.4, 0.5) is 0 Å². The van der Waals surface area contributed by atoms with Gasteiger partial charge in [-0.15, -0.1) is 0 Å². The number of carbonyl (C=O) groups excluding carboxylic acids is 1. The summed E-state index contributed by atoms with van der Waals surface area (Å²) >= 11 is 0. The largest absolute Gasteiger partial charge is 0.507 e. The molecule has 3 nitrogen and oxygen atoms in total. The van der Waals surface area contributed by atoms with Crippen molar-refractivity contribution < 1.29 is 14.6 Å². The van der Waals surface area contributed by atoms with E-state index in [0.717, 1.165) is 29.5 Å². The molecule has 188 valence electrons. The quantitative estimate of drug-likeness (QED) is 0.342. The van der Waals surface area contributed by atoms with Crippen molar-refractivity contribution in [2.75, 3.05) is 0 Å². The Balaban J connectivity index is 2.71. The van der Waals surface area contributed by atoms with Crippen molar-refractivity contribution in [3.05, 3.63) is 58.1 Å². The molecule has 0 amide bonds. The first kappa shape index (κ1) is 28.0. The second kappa shape index (κ2) is 9.40. The molecule has 0 aliphatic rings. The van der Waals surface area contributed by atoms with Gasteiger partial charge in [-0.3, -0.25) is 0 Å². The van der Waals surface area contributed by atoms with E-state index in [1.54, 1.807) is 0 Å². The molecule has 0 radical (unpaired) electrons. The van der Waals surface area contributed by atoms with Crippen LogP contribution in [0.1, 0.15) is 129 Å². The predicted molar refractivity (Wildman–Crippen MR) is 144 cm³/mol. The lowest BCUT2D eigenvalue weighted by Crippen LogP contribution is -2.25. The van der Waals surface area contributed by atoms with Gasteiger partial charge in [0.25, 0.3) is 0 Å². The fourth-order valence-corrected chi connectivity index (χ4v) is 4.34. The molecule has 34 heavy (non-hydrogen) atoms. The van der Waals surface area contributed by atoms with E-state index in [1.165, 1.54) is 5.56 Å². The Morgan fingerprint density at radius 2 is 1.24 bits per heavy atom. The summed E-state index contributed by atoms with van der Waals surface area (Å²) in [6.45, 7) is 25.6. The maximum atomic E-state index is 13.6. The van der Waals surface area contributed by atoms with E-state index < -0.39 is 5.97 Å². The van der Waals surface area contributed by atoms with Gasteiger partial charge in [-0.2, -0.15) is 0 Å². The second-order valence-corrected chi connectivity index (χ2v) is 13.0. The van der Waals surface area contributed by atoms with Gasteiger partial charge in [0, 0.05) is 16.7 Å². The molecule has 0 aliphatic carbocycles. The Kier molecular flexibility index (Phi) is 7.72. The van der Waals surface area contributed by atoms with Crippen LogP contribution in [0.25, 0.3) is 0 Å². The summed E-state index contributed by atoms with van der Waals surface area (Å²) in [5.74, 6) is 0.504. The minimum atomic E-state index is -0.391. The van der Waals surface area contributed by atoms with E-state index in [0.29, 0.717) is 17.1 Å². The summed E-state index contributed by atoms with van der Waals surface area (Å²) in [6, 6.07) is 9.62. The van der Waals surface area contributed by atoms with E-state index in [-0.39, 0.29) is 21.7 Å². The van der Waals surface area contributed by atoms with Gasteiger partial charge in [-0.25, -0.2) is 4.79 Å². The van der Waals surface area contributed by atoms with Gasteiger partial charge in [0.05, 0.1) is 5.56 Å². The lowest BCUT2D eigenvalue weighted by molar-refractivity contribution is 0.0731. The summed E-state index contributed by atoms with van der Waals surface area (Å²) in [7, 11) is 0. The molecule has 2 aromatic carbocycles. The van der Waals surface area contributed by atoms with Crippen LogP contribution in [-0.2, 0) is 21.7 Å². The average molecular weight is 467 g/mol. The molecule has 0 aliphatic heterocycles. The lowest BCUT2D eigenvalue weighted by atomic mass is 9.74. The monoisotopic (exact) mass is 466 g/mol. The van der Waals surface area contributed by atoms with Crippen LogP contribution in [0.5, 0.6) is 11.5 Å². The summed E-state index contributed by atoms with van der Waals surface area (Å²) in [6.07, 6.45) is 1.68. The molecule has 0 spiro atoms. The highest BCUT2D eigenvalue weighted by atomic mass is 16.5. The number of carbonyl (C=O) groups is 1. The molecule has 0 fully saturated rings. The zero-order valence-electron chi connectivity index (χ0n) is 23.6. The van der Waals surface area contributed by atoms with Gasteiger partial charge in [0.2, 0.25) is 0 Å². The van der Waals surface area contributed by atoms with Crippen LogP contribution < -0.4 is 4.74 Å². The minimum absolute atomic E-state index is 0.0831. The smallest absolute Gasteiger partial charge is 0.343 e. The van der Waals surface area contributed by atoms with Gasteiger partial charge in [-0.05, 0) is 58.3 Å². The second-order valence-electron chi connectivity index (χ2n) is 13.0. The fourth-order valence-electron chi connectivity index (χ4n) is 4.34. The molecular weight excluding hydrogens is 420 g/mol. The number of esters is 1. The fraction of sp³-hybridized carbons (Fsp3) is 0.581. The normalized spacial score (nSPS) is 13.2. The predicted octanol–water partition coefficient (Wildman–Crippen LogP) is 8.58. The molecule has 0 atom stereocenters. The van der Waals surface area contributed by atoms with E-state index in [4.69, 9.17) is 4.74 Å². The van der Waals surface area contributed by atoms with Crippen LogP contribution in [0.2, 0.25) is 0 Å². The van der Waals surface area contributed by atoms with Crippen molar-refractivity contribution in [2.24, 2.45) is 0 Å². The van der Waals surface area contributed by atoms with Crippen molar-refractivity contribution in [2.45, 2.75) is 118 Å². The number of ether oxygens (including phenoxy) is 1. The average Bonchev–Trinajstić information content (AvgIpc) is 2.71. The summed E-state index contributed by atoms with van der Waals surface area (Å²) in [5, 5.41) is 11.2. The van der Waals surface area contributed by atoms with Crippen LogP contribution in [-0.4, -0.2) is 11.1 Å². The van der Waals surface area contributed by atoms with Crippen LogP contribution >= 0.6 is 0 Å². The van der Waals surface area contributed by atoms with Crippen molar-refractivity contribution in [3.8, 4) is 11.5 Å². The van der Waals surface area contributed by atoms with Gasteiger partial charge in [0.1, 0.15) is 11.5 Å². The number of aromatic hydroxyl groups is 1. The summed E-state index contributed by atoms with van der Waals surface area (Å²) < 4.78 is 6.12. The van der Waals surface area contributed by atoms with Gasteiger partial charge < -0.3 is 9.84 Å². The van der Waals surface area contributed by atoms with Crippen LogP contribution in [0.3, 0.4) is 0 Å². The SMILES string of the molecule is CCC(C)(C)c1cc(C(=O)Oc2cccc(C(C)(C)C)c2C(C)(C)C)cc(C(C)(C)CC)c1O. The molecule has 0 aromatic heterocycles. The Bertz CT molecular complexity index is 1010. The number of phenolic OH excluding ortho intramolecular Hbond substituents is 1. The minimum Gasteiger partial charge on any atom is -0.507 e. The van der Waals surface area contributed by atoms with E-state index >= 15 is 0 Å². The molecular formula is C31H46O3. The third-order valence-corrected chi connectivity index (χ3v) is 7.36. The van der Waals surface area contributed by atoms with Crippen molar-refractivity contribution in [3.63, 3.8) is 0 Å². The zero-order chi connectivity index (χ0) is 26.3. The highest BCUT2D eigenvalue weighted by Crippen LogP contribution is 2.43. The number of hydrogen-bond donors (Lipinski definition) is 1. The van der Waals surface area contributed by atoms with Crippen molar-refractivity contribution in [1.29, 1.82) is 0 Å². The molecule has 0 saturated heterocycles. The number of rotatable bonds is 6. The Labute approximate surface area is 207 Å². The zero-order valence-corrected chi connectivity index (χ0v) is 23.6. The molecule has 2 rings (SSSR count). The van der Waals surface area contributed by atoms with Crippen LogP contribution in [0.15, 0.2) is 30.3 Å². The van der Waals surface area contributed by atoms with Crippen LogP contribution in [0, 0.1) is 0 Å². The third-order valence-electron chi connectivity index (χ3n) is 7.36. The number of hydrogen-bond acceptors (Lipinski definition) is 3. The first-order valence-corrected chi connectivity index (χ1v) is 12.6. The Morgan fingerprint density at radius 3 is 1.62 bits per heavy atom. The van der Waals surface area contributed by atoms with Gasteiger partial charge in [0.15, 0.2) is 0 Å². The van der Waals surface area contributed by atoms with E-state index in [2.05, 4.69) is 89.2 Å². The maximum Gasteiger partial charge on any atom is 0.343 e. The maximum absolute atomic E-state index is 13.6. The molecule has 2 aromatic rings. The standard InChI is InChI=1S/C31H46O3/c1-13-30(9,10)22-18-20(19-23(26(22)32)31(11,12)14-2)27(33)34-24-17-15-16-21(28(3,4)5)25(24)29(6,7)8/h15-19,32H,13-14H2,1-12H3. The molecule has 3 heteroatoms. The summed E-state index contributed by atoms with van der Waals surface area (Å²) in [4.78, 5) is 13.6. The van der Waals surface area contributed by atoms with E-state index in [9.17, 15) is 9.90 Å². The topological polar surface area (TPSA) is 46.5 Å². The number of benzene rings is 2. The number of phenols is 1. The molecule has 0 unspecified atom stereocenters. The molecule has 1 N–H and O–H groups in total.